The summed E-state index contributed by atoms with van der Waals surface area (Å²) < 4.78 is 0. The molecule has 1 aliphatic rings. The zero-order valence-corrected chi connectivity index (χ0v) is 12.8. The van der Waals surface area contributed by atoms with E-state index >= 15 is 0 Å². The molecule has 0 saturated carbocycles. The van der Waals surface area contributed by atoms with Crippen LogP contribution in [-0.4, -0.2) is 47.0 Å². The second kappa shape index (κ2) is 8.30. The molecule has 108 valence electrons. The van der Waals surface area contributed by atoms with E-state index in [0.717, 1.165) is 31.6 Å². The average molecular weight is 307 g/mol. The number of hydrogen-bond donors (Lipinski definition) is 1. The van der Waals surface area contributed by atoms with Crippen molar-refractivity contribution >= 4 is 30.7 Å². The van der Waals surface area contributed by atoms with E-state index in [2.05, 4.69) is 15.3 Å². The van der Waals surface area contributed by atoms with Crippen LogP contribution in [0.3, 0.4) is 0 Å². The summed E-state index contributed by atoms with van der Waals surface area (Å²) in [5.41, 5.74) is 1.26. The van der Waals surface area contributed by atoms with Gasteiger partial charge in [-0.15, -0.1) is 24.8 Å². The Bertz CT molecular complexity index is 399. The molecule has 0 aromatic carbocycles. The van der Waals surface area contributed by atoms with E-state index in [4.69, 9.17) is 0 Å². The zero-order valence-electron chi connectivity index (χ0n) is 11.1. The fourth-order valence-corrected chi connectivity index (χ4v) is 2.06. The lowest BCUT2D eigenvalue weighted by molar-refractivity contribution is 0.0691. The molecule has 2 rings (SSSR count). The normalized spacial score (nSPS) is 18.2. The third-order valence-corrected chi connectivity index (χ3v) is 3.12. The lowest BCUT2D eigenvalue weighted by atomic mass is 10.1. The first kappa shape index (κ1) is 18.1. The molecule has 1 amide bonds. The maximum atomic E-state index is 12.2. The standard InChI is InChI=1S/C12H18N4O.2ClH/c1-9-6-15-11(7-14-9)12(17)16-5-3-4-10(8-16)13-2;;/h6-7,10,13H,3-5,8H2,1-2H3;2*1H. The minimum atomic E-state index is -0.0162. The number of aryl methyl sites for hydroxylation is 1. The second-order valence-electron chi connectivity index (χ2n) is 4.42. The predicted octanol–water partition coefficient (Wildman–Crippen LogP) is 1.45. The van der Waals surface area contributed by atoms with E-state index < -0.39 is 0 Å². The number of carbonyl (C=O) groups excluding carboxylic acids is 1. The van der Waals surface area contributed by atoms with Gasteiger partial charge in [0.15, 0.2) is 0 Å². The van der Waals surface area contributed by atoms with Crippen LogP contribution in [0.15, 0.2) is 12.4 Å². The molecule has 1 fully saturated rings. The van der Waals surface area contributed by atoms with Gasteiger partial charge in [-0.3, -0.25) is 9.78 Å². The quantitative estimate of drug-likeness (QED) is 0.898. The van der Waals surface area contributed by atoms with Crippen molar-refractivity contribution in [2.45, 2.75) is 25.8 Å². The van der Waals surface area contributed by atoms with Gasteiger partial charge >= 0.3 is 0 Å². The molecule has 7 heteroatoms. The highest BCUT2D eigenvalue weighted by molar-refractivity contribution is 5.92. The molecule has 1 unspecified atom stereocenters. The third kappa shape index (κ3) is 4.60. The van der Waals surface area contributed by atoms with Gasteiger partial charge in [0.2, 0.25) is 0 Å². The smallest absolute Gasteiger partial charge is 0.274 e. The van der Waals surface area contributed by atoms with Gasteiger partial charge in [-0.2, -0.15) is 0 Å². The highest BCUT2D eigenvalue weighted by Gasteiger charge is 2.24. The van der Waals surface area contributed by atoms with E-state index in [1.165, 1.54) is 0 Å². The monoisotopic (exact) mass is 306 g/mol. The summed E-state index contributed by atoms with van der Waals surface area (Å²) in [6.45, 7) is 3.43. The van der Waals surface area contributed by atoms with Gasteiger partial charge in [0.25, 0.3) is 5.91 Å². The van der Waals surface area contributed by atoms with Gasteiger partial charge in [0.05, 0.1) is 11.9 Å². The lowest BCUT2D eigenvalue weighted by Crippen LogP contribution is -2.47. The van der Waals surface area contributed by atoms with E-state index in [9.17, 15) is 4.79 Å². The van der Waals surface area contributed by atoms with Crippen LogP contribution in [-0.2, 0) is 0 Å². The molecule has 1 aromatic heterocycles. The number of amides is 1. The maximum absolute atomic E-state index is 12.2. The lowest BCUT2D eigenvalue weighted by Gasteiger charge is -2.32. The number of rotatable bonds is 2. The Balaban J connectivity index is 0.00000162. The van der Waals surface area contributed by atoms with Crippen LogP contribution >= 0.6 is 24.8 Å². The fourth-order valence-electron chi connectivity index (χ4n) is 2.06. The summed E-state index contributed by atoms with van der Waals surface area (Å²) in [6.07, 6.45) is 5.35. The first-order chi connectivity index (χ1) is 8.20. The van der Waals surface area contributed by atoms with Crippen molar-refractivity contribution in [2.75, 3.05) is 20.1 Å². The van der Waals surface area contributed by atoms with Gasteiger partial charge in [-0.05, 0) is 26.8 Å². The number of aromatic nitrogens is 2. The largest absolute Gasteiger partial charge is 0.336 e. The molecule has 1 N–H and O–H groups in total. The summed E-state index contributed by atoms with van der Waals surface area (Å²) in [5.74, 6) is -0.0162. The van der Waals surface area contributed by atoms with E-state index in [1.807, 2.05) is 18.9 Å². The van der Waals surface area contributed by atoms with E-state index in [-0.39, 0.29) is 30.7 Å². The first-order valence-electron chi connectivity index (χ1n) is 5.96. The minimum absolute atomic E-state index is 0. The van der Waals surface area contributed by atoms with Crippen LogP contribution in [0.5, 0.6) is 0 Å². The van der Waals surface area contributed by atoms with Crippen molar-refractivity contribution < 1.29 is 4.79 Å². The van der Waals surface area contributed by atoms with Crippen LogP contribution in [0.25, 0.3) is 0 Å². The number of likely N-dealkylation sites (tertiary alicyclic amines) is 1. The van der Waals surface area contributed by atoms with Gasteiger partial charge in [-0.25, -0.2) is 4.98 Å². The molecule has 1 aliphatic heterocycles. The second-order valence-corrected chi connectivity index (χ2v) is 4.42. The molecule has 19 heavy (non-hydrogen) atoms. The third-order valence-electron chi connectivity index (χ3n) is 3.12. The molecule has 1 atom stereocenters. The molecule has 1 aromatic rings. The molecular weight excluding hydrogens is 287 g/mol. The van der Waals surface area contributed by atoms with Crippen molar-refractivity contribution in [3.05, 3.63) is 23.8 Å². The molecule has 1 saturated heterocycles. The highest BCUT2D eigenvalue weighted by Crippen LogP contribution is 2.12. The van der Waals surface area contributed by atoms with E-state index in [1.54, 1.807) is 12.4 Å². The number of halogens is 2. The summed E-state index contributed by atoms with van der Waals surface area (Å²) in [4.78, 5) is 22.3. The SMILES string of the molecule is CNC1CCCN(C(=O)c2cnc(C)cn2)C1.Cl.Cl. The molecule has 2 heterocycles. The summed E-state index contributed by atoms with van der Waals surface area (Å²) in [6, 6.07) is 0.395. The first-order valence-corrected chi connectivity index (χ1v) is 5.96. The predicted molar refractivity (Wildman–Crippen MR) is 79.3 cm³/mol. The Morgan fingerprint density at radius 2 is 2.11 bits per heavy atom. The van der Waals surface area contributed by atoms with Crippen molar-refractivity contribution in [1.29, 1.82) is 0 Å². The molecular formula is C12H20Cl2N4O. The summed E-state index contributed by atoms with van der Waals surface area (Å²) in [5, 5.41) is 3.22. The number of carbonyl (C=O) groups is 1. The molecule has 5 nitrogen and oxygen atoms in total. The number of piperidine rings is 1. The van der Waals surface area contributed by atoms with Gasteiger partial charge in [-0.1, -0.05) is 0 Å². The zero-order chi connectivity index (χ0) is 12.3. The van der Waals surface area contributed by atoms with Crippen molar-refractivity contribution in [1.82, 2.24) is 20.2 Å². The average Bonchev–Trinajstić information content (AvgIpc) is 2.39. The topological polar surface area (TPSA) is 58.1 Å². The fraction of sp³-hybridized carbons (Fsp3) is 0.583. The van der Waals surface area contributed by atoms with E-state index in [0.29, 0.717) is 11.7 Å². The summed E-state index contributed by atoms with van der Waals surface area (Å²) >= 11 is 0. The Morgan fingerprint density at radius 3 is 2.68 bits per heavy atom. The number of nitrogens with zero attached hydrogens (tertiary/aromatic N) is 3. The highest BCUT2D eigenvalue weighted by atomic mass is 35.5. The van der Waals surface area contributed by atoms with Crippen LogP contribution < -0.4 is 5.32 Å². The number of nitrogens with one attached hydrogen (secondary N) is 1. The van der Waals surface area contributed by atoms with Crippen LogP contribution in [0.4, 0.5) is 0 Å². The van der Waals surface area contributed by atoms with Crippen LogP contribution in [0, 0.1) is 6.92 Å². The Morgan fingerprint density at radius 1 is 1.37 bits per heavy atom. The maximum Gasteiger partial charge on any atom is 0.274 e. The molecule has 0 radical (unpaired) electrons. The van der Waals surface area contributed by atoms with Crippen molar-refractivity contribution in [3.8, 4) is 0 Å². The molecule has 0 spiro atoms. The van der Waals surface area contributed by atoms with Gasteiger partial charge < -0.3 is 10.2 Å². The Labute approximate surface area is 126 Å². The summed E-state index contributed by atoms with van der Waals surface area (Å²) in [7, 11) is 1.93. The number of likely N-dealkylation sites (N-methyl/N-ethyl adjacent to an activating group) is 1. The molecule has 0 bridgehead atoms. The Hall–Kier alpha value is -0.910. The van der Waals surface area contributed by atoms with Gasteiger partial charge in [0, 0.05) is 25.3 Å². The van der Waals surface area contributed by atoms with Crippen LogP contribution in [0.1, 0.15) is 29.0 Å². The van der Waals surface area contributed by atoms with Gasteiger partial charge in [0.1, 0.15) is 5.69 Å². The Kier molecular flexibility index (Phi) is 7.90. The number of hydrogen-bond acceptors (Lipinski definition) is 4. The molecule has 0 aliphatic carbocycles. The minimum Gasteiger partial charge on any atom is -0.336 e. The van der Waals surface area contributed by atoms with Crippen molar-refractivity contribution in [3.63, 3.8) is 0 Å². The van der Waals surface area contributed by atoms with Crippen molar-refractivity contribution in [2.24, 2.45) is 0 Å². The van der Waals surface area contributed by atoms with Crippen LogP contribution in [0.2, 0.25) is 0 Å².